The van der Waals surface area contributed by atoms with E-state index in [2.05, 4.69) is 33.0 Å². The van der Waals surface area contributed by atoms with Crippen LogP contribution in [0.25, 0.3) is 0 Å². The fourth-order valence-corrected chi connectivity index (χ4v) is 7.21. The topological polar surface area (TPSA) is 264 Å². The Morgan fingerprint density at radius 2 is 1.98 bits per heavy atom. The molecule has 4 aliphatic rings. The third-order valence-corrected chi connectivity index (χ3v) is 9.79. The molecule has 268 valence electrons. The van der Waals surface area contributed by atoms with E-state index in [0.717, 1.165) is 16.4 Å². The average Bonchev–Trinajstić information content (AvgIpc) is 3.87. The van der Waals surface area contributed by atoms with E-state index in [1.54, 1.807) is 16.7 Å². The van der Waals surface area contributed by atoms with E-state index >= 15 is 0 Å². The number of nitrogens with two attached hydrogens (primary N) is 1. The van der Waals surface area contributed by atoms with Crippen molar-refractivity contribution in [3.63, 3.8) is 0 Å². The number of hydrogen-bond acceptors (Lipinski definition) is 16. The van der Waals surface area contributed by atoms with Crippen molar-refractivity contribution in [2.45, 2.75) is 51.3 Å². The van der Waals surface area contributed by atoms with Crippen molar-refractivity contribution < 1.29 is 47.9 Å². The fraction of sp³-hybridized carbons (Fsp3) is 0.414. The van der Waals surface area contributed by atoms with Gasteiger partial charge in [-0.2, -0.15) is 9.36 Å². The molecular formula is C29H34N8O11S2. The molecule has 3 fully saturated rings. The van der Waals surface area contributed by atoms with Crippen molar-refractivity contribution >= 4 is 63.9 Å². The predicted octanol–water partition coefficient (Wildman–Crippen LogP) is 0.900. The lowest BCUT2D eigenvalue weighted by Gasteiger charge is -2.49. The second-order valence-electron chi connectivity index (χ2n) is 10.9. The fourth-order valence-electron chi connectivity index (χ4n) is 5.43. The van der Waals surface area contributed by atoms with Gasteiger partial charge in [-0.1, -0.05) is 31.8 Å². The van der Waals surface area contributed by atoms with Gasteiger partial charge in [-0.05, 0) is 25.3 Å². The van der Waals surface area contributed by atoms with Gasteiger partial charge in [-0.3, -0.25) is 19.3 Å². The van der Waals surface area contributed by atoms with Gasteiger partial charge in [0, 0.05) is 42.5 Å². The highest BCUT2D eigenvalue weighted by molar-refractivity contribution is 8.00. The number of thioether (sulfide) groups is 1. The Morgan fingerprint density at radius 1 is 1.24 bits per heavy atom. The van der Waals surface area contributed by atoms with Gasteiger partial charge in [0.1, 0.15) is 17.1 Å². The van der Waals surface area contributed by atoms with Crippen LogP contribution >= 0.6 is 23.3 Å². The predicted molar refractivity (Wildman–Crippen MR) is 177 cm³/mol. The molecule has 0 saturated carbocycles. The number of nitrogens with one attached hydrogen (secondary N) is 1. The number of fused-ring (bicyclic) bond motifs is 1. The van der Waals surface area contributed by atoms with Crippen LogP contribution < -0.4 is 16.9 Å². The summed E-state index contributed by atoms with van der Waals surface area (Å²) in [6.45, 7) is 10.3. The van der Waals surface area contributed by atoms with Gasteiger partial charge in [0.25, 0.3) is 11.8 Å². The molecule has 50 heavy (non-hydrogen) atoms. The van der Waals surface area contributed by atoms with E-state index in [1.165, 1.54) is 17.8 Å². The normalized spacial score (nSPS) is 21.5. The number of carboxylic acids is 1. The number of nitrogens with zero attached hydrogens (tertiary/aromatic N) is 6. The maximum Gasteiger partial charge on any atom is 0.519 e. The first-order valence-corrected chi connectivity index (χ1v) is 16.3. The molecule has 3 atom stereocenters. The molecule has 0 bridgehead atoms. The monoisotopic (exact) mass is 734 g/mol. The second-order valence-corrected chi connectivity index (χ2v) is 12.8. The lowest BCUT2D eigenvalue weighted by molar-refractivity contribution is -0.150. The number of β-lactam (4-membered cyclic amide) rings is 1. The number of hydrogen-bond donors (Lipinski definition) is 4. The van der Waals surface area contributed by atoms with Gasteiger partial charge in [-0.25, -0.2) is 14.4 Å². The third kappa shape index (κ3) is 7.42. The smallest absolute Gasteiger partial charge is 0.477 e. The average molecular weight is 735 g/mol. The first-order chi connectivity index (χ1) is 23.3. The Hall–Kier alpha value is -5.44. The number of carbonyl (C=O) groups excluding carboxylic acids is 4. The summed E-state index contributed by atoms with van der Waals surface area (Å²) >= 11 is 2.10. The quantitative estimate of drug-likeness (QED) is 0.0965. The zero-order valence-corrected chi connectivity index (χ0v) is 27.5. The SMILES string of the molecule is C.C=C1CCN([C@@H]2CCN(C(=O)OCc3oc(=O)oc3C)C2)C1=O.C=CC1=C(C(=O)O)N2C(=O)[C@@H](NC(=O)/C(=N\O)c3nsc(N)n3)[C@H]2SC1. The minimum atomic E-state index is -1.25. The summed E-state index contributed by atoms with van der Waals surface area (Å²) in [5, 5.41) is 23.2. The van der Waals surface area contributed by atoms with Gasteiger partial charge in [0.15, 0.2) is 23.3 Å². The summed E-state index contributed by atoms with van der Waals surface area (Å²) in [4.78, 5) is 79.3. The number of carboxylic acid groups (broad SMARTS) is 1. The van der Waals surface area contributed by atoms with Crippen LogP contribution in [0.4, 0.5) is 9.93 Å². The zero-order valence-electron chi connectivity index (χ0n) is 25.8. The van der Waals surface area contributed by atoms with Gasteiger partial charge in [-0.15, -0.1) is 11.8 Å². The Bertz CT molecular complexity index is 1850. The molecule has 3 saturated heterocycles. The Morgan fingerprint density at radius 3 is 2.54 bits per heavy atom. The van der Waals surface area contributed by atoms with Crippen molar-refractivity contribution in [2.75, 3.05) is 31.1 Å². The minimum absolute atomic E-state index is 0. The number of nitrogen functional groups attached to an aromatic ring is 1. The summed E-state index contributed by atoms with van der Waals surface area (Å²) < 4.78 is 18.4. The number of oxime groups is 1. The number of aliphatic carboxylic acids is 1. The molecule has 0 unspecified atom stereocenters. The van der Waals surface area contributed by atoms with Crippen LogP contribution in [-0.4, -0.2) is 113 Å². The number of amides is 4. The van der Waals surface area contributed by atoms with Crippen LogP contribution in [0.15, 0.2) is 54.9 Å². The van der Waals surface area contributed by atoms with Gasteiger partial charge in [0.2, 0.25) is 17.4 Å². The summed E-state index contributed by atoms with van der Waals surface area (Å²) in [5.41, 5.74) is 5.84. The van der Waals surface area contributed by atoms with Gasteiger partial charge in [0.05, 0.1) is 6.04 Å². The van der Waals surface area contributed by atoms with Crippen molar-refractivity contribution in [2.24, 2.45) is 5.16 Å². The van der Waals surface area contributed by atoms with E-state index in [9.17, 15) is 33.9 Å². The molecular weight excluding hydrogens is 700 g/mol. The number of aromatic nitrogens is 2. The molecule has 2 aromatic rings. The Kier molecular flexibility index (Phi) is 11.5. The second kappa shape index (κ2) is 15.4. The molecule has 0 aliphatic carbocycles. The third-order valence-electron chi connectivity index (χ3n) is 7.94. The zero-order chi connectivity index (χ0) is 35.6. The highest BCUT2D eigenvalue weighted by atomic mass is 32.2. The van der Waals surface area contributed by atoms with Gasteiger partial charge >= 0.3 is 17.9 Å². The molecule has 4 aliphatic heterocycles. The van der Waals surface area contributed by atoms with E-state index in [0.29, 0.717) is 55.1 Å². The molecule has 19 nitrogen and oxygen atoms in total. The van der Waals surface area contributed by atoms with Crippen molar-refractivity contribution in [3.05, 3.63) is 64.0 Å². The molecule has 2 aromatic heterocycles. The van der Waals surface area contributed by atoms with Crippen LogP contribution in [0.3, 0.4) is 0 Å². The number of ether oxygens (including phenoxy) is 1. The van der Waals surface area contributed by atoms with Crippen LogP contribution in [0.2, 0.25) is 0 Å². The van der Waals surface area contributed by atoms with Crippen molar-refractivity contribution in [1.29, 1.82) is 0 Å². The standard InChI is InChI=1S/C15H18N2O6.C13H12N6O5S2.CH4/c1-9-3-6-17(13(9)18)11-4-5-16(7-11)14(19)21-8-12-10(2)22-15(20)23-12;1-2-4-3-25-11-6(10(21)19(11)7(4)12(22)23)15-9(20)5(17-24)8-16-13(14)26-18-8;/h11H,1,3-8H2,2H3;2,6,11,24H,1,3H2,(H,15,20)(H,22,23)(H2,14,16,18);1H4/b;17-5-;/t11-;6-,11-;/m11./s1. The van der Waals surface area contributed by atoms with E-state index in [4.69, 9.17) is 24.5 Å². The maximum atomic E-state index is 12.4. The first kappa shape index (κ1) is 37.4. The highest BCUT2D eigenvalue weighted by Crippen LogP contribution is 2.40. The number of carbonyl (C=O) groups is 5. The summed E-state index contributed by atoms with van der Waals surface area (Å²) in [6.07, 6.45) is 2.29. The minimum Gasteiger partial charge on any atom is -0.477 e. The molecule has 5 N–H and O–H groups in total. The highest BCUT2D eigenvalue weighted by Gasteiger charge is 2.54. The first-order valence-electron chi connectivity index (χ1n) is 14.5. The molecule has 21 heteroatoms. The molecule has 4 amide bonds. The van der Waals surface area contributed by atoms with E-state index in [1.807, 2.05) is 0 Å². The number of likely N-dealkylation sites (tertiary alicyclic amines) is 2. The maximum absolute atomic E-state index is 12.4. The summed E-state index contributed by atoms with van der Waals surface area (Å²) in [6, 6.07) is -0.969. The van der Waals surface area contributed by atoms with Crippen molar-refractivity contribution in [1.82, 2.24) is 29.4 Å². The Balaban J connectivity index is 0.000000222. The largest absolute Gasteiger partial charge is 0.519 e. The number of anilines is 1. The number of allylic oxidation sites excluding steroid dienone is 1. The lowest BCUT2D eigenvalue weighted by atomic mass is 10.0. The summed E-state index contributed by atoms with van der Waals surface area (Å²) in [7, 11) is 0. The molecule has 0 radical (unpaired) electrons. The molecule has 6 rings (SSSR count). The van der Waals surface area contributed by atoms with Gasteiger partial charge < -0.3 is 44.7 Å². The molecule has 0 spiro atoms. The molecule has 6 heterocycles. The number of aryl methyl sites for hydroxylation is 1. The van der Waals surface area contributed by atoms with Crippen molar-refractivity contribution in [3.8, 4) is 0 Å². The molecule has 0 aromatic carbocycles. The number of rotatable bonds is 8. The Labute approximate surface area is 292 Å². The van der Waals surface area contributed by atoms with Crippen LogP contribution in [0.5, 0.6) is 0 Å². The lowest BCUT2D eigenvalue weighted by Crippen LogP contribution is -2.71. The summed E-state index contributed by atoms with van der Waals surface area (Å²) in [5.74, 6) is -2.90. The van der Waals surface area contributed by atoms with Crippen LogP contribution in [-0.2, 0) is 30.5 Å². The van der Waals surface area contributed by atoms with E-state index < -0.39 is 46.8 Å². The van der Waals surface area contributed by atoms with Crippen LogP contribution in [0, 0.1) is 6.92 Å². The van der Waals surface area contributed by atoms with E-state index in [-0.39, 0.29) is 48.4 Å². The van der Waals surface area contributed by atoms with Crippen LogP contribution in [0.1, 0.15) is 37.6 Å².